The van der Waals surface area contributed by atoms with Gasteiger partial charge in [0.1, 0.15) is 11.5 Å². The first-order valence-electron chi connectivity index (χ1n) is 7.43. The van der Waals surface area contributed by atoms with Gasteiger partial charge in [-0.05, 0) is 35.6 Å². The molecule has 4 nitrogen and oxygen atoms in total. The molecule has 3 aromatic rings. The van der Waals surface area contributed by atoms with Crippen LogP contribution in [-0.4, -0.2) is 21.6 Å². The summed E-state index contributed by atoms with van der Waals surface area (Å²) in [5.41, 5.74) is 4.71. The first-order chi connectivity index (χ1) is 10.9. The second-order valence-electron chi connectivity index (χ2n) is 5.47. The van der Waals surface area contributed by atoms with E-state index in [0.717, 1.165) is 18.7 Å². The highest BCUT2D eigenvalue weighted by Crippen LogP contribution is 2.38. The number of imidazole rings is 1. The van der Waals surface area contributed by atoms with Gasteiger partial charge < -0.3 is 9.30 Å². The highest BCUT2D eigenvalue weighted by atomic mass is 32.1. The number of rotatable bonds is 4. The minimum Gasteiger partial charge on any atom is -0.380 e. The molecule has 1 aliphatic rings. The number of aromatic nitrogens is 3. The fraction of sp³-hybridized carbons (Fsp3) is 0.294. The number of nitrogens with zero attached hydrogens (tertiary/aromatic N) is 3. The van der Waals surface area contributed by atoms with Crippen LogP contribution in [-0.2, 0) is 24.3 Å². The van der Waals surface area contributed by atoms with Crippen LogP contribution in [0.4, 0.5) is 0 Å². The van der Waals surface area contributed by atoms with Crippen molar-refractivity contribution in [3.63, 3.8) is 0 Å². The van der Waals surface area contributed by atoms with E-state index in [2.05, 4.69) is 33.1 Å². The minimum atomic E-state index is 0.647. The number of aryl methyl sites for hydroxylation is 1. The van der Waals surface area contributed by atoms with Crippen LogP contribution in [0, 0.1) is 0 Å². The molecule has 1 aliphatic heterocycles. The summed E-state index contributed by atoms with van der Waals surface area (Å²) in [4.78, 5) is 10.3. The van der Waals surface area contributed by atoms with Gasteiger partial charge in [0.15, 0.2) is 0 Å². The van der Waals surface area contributed by atoms with Crippen LogP contribution in [0.25, 0.3) is 21.8 Å². The highest BCUT2D eigenvalue weighted by molar-refractivity contribution is 7.13. The lowest BCUT2D eigenvalue weighted by Gasteiger charge is -2.07. The zero-order valence-electron chi connectivity index (χ0n) is 12.5. The average molecular weight is 311 g/mol. The Morgan fingerprint density at radius 1 is 1.32 bits per heavy atom. The van der Waals surface area contributed by atoms with Gasteiger partial charge in [0.2, 0.25) is 0 Å². The normalized spacial score (nSPS) is 13.5. The molecule has 0 aliphatic carbocycles. The van der Waals surface area contributed by atoms with E-state index in [9.17, 15) is 0 Å². The Morgan fingerprint density at radius 2 is 2.18 bits per heavy atom. The molecule has 4 heterocycles. The molecule has 0 N–H and O–H groups in total. The summed E-state index contributed by atoms with van der Waals surface area (Å²) in [6.07, 6.45) is 5.94. The number of ether oxygens (including phenoxy) is 1. The molecular formula is C17H17N3OS. The molecule has 0 unspecified atom stereocenters. The monoisotopic (exact) mass is 311 g/mol. The Hall–Kier alpha value is -1.98. The molecule has 0 fully saturated rings. The standard InChI is InChI=1S/C17H17N3OS/c1-21-10-12-9-14(22-11-12)16-17(13-4-6-18-7-5-13)20-8-2-3-15(20)19-16/h4-7,9,11H,2-3,8,10H2,1H3. The lowest BCUT2D eigenvalue weighted by Crippen LogP contribution is -1.96. The molecule has 5 heteroatoms. The van der Waals surface area contributed by atoms with Crippen molar-refractivity contribution < 1.29 is 4.74 Å². The smallest absolute Gasteiger partial charge is 0.110 e. The van der Waals surface area contributed by atoms with Crippen LogP contribution >= 0.6 is 11.3 Å². The maximum atomic E-state index is 5.23. The number of methoxy groups -OCH3 is 1. The third-order valence-corrected chi connectivity index (χ3v) is 4.97. The fourth-order valence-electron chi connectivity index (χ4n) is 3.04. The van der Waals surface area contributed by atoms with Crippen molar-refractivity contribution >= 4 is 11.3 Å². The zero-order chi connectivity index (χ0) is 14.9. The number of fused-ring (bicyclic) bond motifs is 1. The first-order valence-corrected chi connectivity index (χ1v) is 8.31. The Morgan fingerprint density at radius 3 is 3.00 bits per heavy atom. The summed E-state index contributed by atoms with van der Waals surface area (Å²) in [5, 5.41) is 2.15. The van der Waals surface area contributed by atoms with E-state index in [1.807, 2.05) is 12.4 Å². The summed E-state index contributed by atoms with van der Waals surface area (Å²) in [6.45, 7) is 1.70. The van der Waals surface area contributed by atoms with E-state index in [1.165, 1.54) is 33.9 Å². The zero-order valence-corrected chi connectivity index (χ0v) is 13.3. The molecule has 3 aromatic heterocycles. The van der Waals surface area contributed by atoms with Crippen LogP contribution in [0.15, 0.2) is 36.0 Å². The van der Waals surface area contributed by atoms with Crippen molar-refractivity contribution in [3.8, 4) is 21.8 Å². The maximum absolute atomic E-state index is 5.23. The van der Waals surface area contributed by atoms with E-state index in [1.54, 1.807) is 18.4 Å². The predicted molar refractivity (Wildman–Crippen MR) is 87.8 cm³/mol. The topological polar surface area (TPSA) is 39.9 Å². The average Bonchev–Trinajstić information content (AvgIpc) is 3.22. The van der Waals surface area contributed by atoms with E-state index in [4.69, 9.17) is 9.72 Å². The lowest BCUT2D eigenvalue weighted by molar-refractivity contribution is 0.185. The lowest BCUT2D eigenvalue weighted by atomic mass is 10.1. The minimum absolute atomic E-state index is 0.647. The van der Waals surface area contributed by atoms with Crippen molar-refractivity contribution in [2.24, 2.45) is 0 Å². The van der Waals surface area contributed by atoms with Gasteiger partial charge in [0, 0.05) is 38.0 Å². The summed E-state index contributed by atoms with van der Waals surface area (Å²) in [5.74, 6) is 1.20. The first kappa shape index (κ1) is 13.7. The second-order valence-corrected chi connectivity index (χ2v) is 6.38. The van der Waals surface area contributed by atoms with Gasteiger partial charge in [-0.2, -0.15) is 0 Å². The van der Waals surface area contributed by atoms with Crippen molar-refractivity contribution in [1.29, 1.82) is 0 Å². The van der Waals surface area contributed by atoms with E-state index in [0.29, 0.717) is 6.61 Å². The Labute approximate surface area is 133 Å². The third kappa shape index (κ3) is 2.26. The van der Waals surface area contributed by atoms with Gasteiger partial charge in [-0.15, -0.1) is 11.3 Å². The van der Waals surface area contributed by atoms with Gasteiger partial charge >= 0.3 is 0 Å². The highest BCUT2D eigenvalue weighted by Gasteiger charge is 2.23. The number of hydrogen-bond donors (Lipinski definition) is 0. The SMILES string of the molecule is COCc1csc(-c2nc3n(c2-c2ccncc2)CCC3)c1. The molecule has 0 aromatic carbocycles. The summed E-state index contributed by atoms with van der Waals surface area (Å²) < 4.78 is 7.59. The van der Waals surface area contributed by atoms with Crippen LogP contribution in [0.2, 0.25) is 0 Å². The molecule has 0 spiro atoms. The molecule has 0 atom stereocenters. The second kappa shape index (κ2) is 5.66. The summed E-state index contributed by atoms with van der Waals surface area (Å²) in [7, 11) is 1.73. The largest absolute Gasteiger partial charge is 0.380 e. The molecule has 0 amide bonds. The molecule has 112 valence electrons. The summed E-state index contributed by atoms with van der Waals surface area (Å²) >= 11 is 1.74. The van der Waals surface area contributed by atoms with E-state index in [-0.39, 0.29) is 0 Å². The van der Waals surface area contributed by atoms with Crippen LogP contribution in [0.5, 0.6) is 0 Å². The van der Waals surface area contributed by atoms with Crippen molar-refractivity contribution in [3.05, 3.63) is 47.4 Å². The van der Waals surface area contributed by atoms with Crippen LogP contribution < -0.4 is 0 Å². The molecule has 22 heavy (non-hydrogen) atoms. The van der Waals surface area contributed by atoms with Gasteiger partial charge in [0.05, 0.1) is 17.2 Å². The van der Waals surface area contributed by atoms with Gasteiger partial charge in [-0.25, -0.2) is 4.98 Å². The van der Waals surface area contributed by atoms with Crippen LogP contribution in [0.3, 0.4) is 0 Å². The number of pyridine rings is 1. The summed E-state index contributed by atoms with van der Waals surface area (Å²) in [6, 6.07) is 6.32. The molecule has 4 rings (SSSR count). The number of thiophene rings is 1. The Kier molecular flexibility index (Phi) is 3.52. The molecular weight excluding hydrogens is 294 g/mol. The predicted octanol–water partition coefficient (Wildman–Crippen LogP) is 3.77. The van der Waals surface area contributed by atoms with Crippen LogP contribution in [0.1, 0.15) is 17.8 Å². The molecule has 0 radical (unpaired) electrons. The quantitative estimate of drug-likeness (QED) is 0.736. The molecule has 0 saturated heterocycles. The van der Waals surface area contributed by atoms with Gasteiger partial charge in [0.25, 0.3) is 0 Å². The van der Waals surface area contributed by atoms with Crippen molar-refractivity contribution in [1.82, 2.24) is 14.5 Å². The maximum Gasteiger partial charge on any atom is 0.110 e. The van der Waals surface area contributed by atoms with Gasteiger partial charge in [-0.1, -0.05) is 0 Å². The Bertz CT molecular complexity index is 792. The van der Waals surface area contributed by atoms with Gasteiger partial charge in [-0.3, -0.25) is 4.98 Å². The van der Waals surface area contributed by atoms with E-state index < -0.39 is 0 Å². The Balaban J connectivity index is 1.85. The third-order valence-electron chi connectivity index (χ3n) is 3.98. The van der Waals surface area contributed by atoms with Crippen molar-refractivity contribution in [2.75, 3.05) is 7.11 Å². The number of hydrogen-bond acceptors (Lipinski definition) is 4. The van der Waals surface area contributed by atoms with E-state index >= 15 is 0 Å². The molecule has 0 saturated carbocycles. The van der Waals surface area contributed by atoms with Crippen molar-refractivity contribution in [2.45, 2.75) is 26.0 Å². The molecule has 0 bridgehead atoms. The fourth-order valence-corrected chi connectivity index (χ4v) is 3.93.